The molecule has 7 nitrogen and oxygen atoms in total. The Morgan fingerprint density at radius 3 is 2.61 bits per heavy atom. The molecule has 1 heterocycles. The monoisotopic (exact) mass is 408 g/mol. The predicted octanol–water partition coefficient (Wildman–Crippen LogP) is 3.82. The number of hydrogen-bond acceptors (Lipinski definition) is 4. The van der Waals surface area contributed by atoms with E-state index in [9.17, 15) is 22.0 Å². The van der Waals surface area contributed by atoms with Crippen LogP contribution in [0.3, 0.4) is 0 Å². The first-order valence-corrected chi connectivity index (χ1v) is 10.0. The Labute approximate surface area is 160 Å². The van der Waals surface area contributed by atoms with Crippen LogP contribution in [0.25, 0.3) is 11.0 Å². The smallest absolute Gasteiger partial charge is 0.295 e. The number of fused-ring (bicyclic) bond motifs is 1. The van der Waals surface area contributed by atoms with Gasteiger partial charge in [0.05, 0.1) is 22.5 Å². The van der Waals surface area contributed by atoms with Crippen molar-refractivity contribution in [2.75, 3.05) is 15.8 Å². The van der Waals surface area contributed by atoms with Gasteiger partial charge >= 0.3 is 0 Å². The highest BCUT2D eigenvalue weighted by atomic mass is 32.2. The summed E-state index contributed by atoms with van der Waals surface area (Å²) < 4.78 is 51.3. The van der Waals surface area contributed by atoms with Crippen molar-refractivity contribution in [2.45, 2.75) is 20.3 Å². The number of aromatic nitrogens is 2. The van der Waals surface area contributed by atoms with Crippen molar-refractivity contribution < 1.29 is 22.0 Å². The molecule has 0 bridgehead atoms. The summed E-state index contributed by atoms with van der Waals surface area (Å²) in [5.74, 6) is -0.932. The van der Waals surface area contributed by atoms with Crippen LogP contribution >= 0.6 is 0 Å². The van der Waals surface area contributed by atoms with Crippen LogP contribution in [0.5, 0.6) is 0 Å². The normalized spacial score (nSPS) is 11.8. The number of imidazole rings is 1. The highest BCUT2D eigenvalue weighted by Crippen LogP contribution is 2.23. The highest BCUT2D eigenvalue weighted by Gasteiger charge is 2.15. The highest BCUT2D eigenvalue weighted by molar-refractivity contribution is 7.92. The first kappa shape index (κ1) is 19.7. The van der Waals surface area contributed by atoms with Crippen molar-refractivity contribution in [3.63, 3.8) is 0 Å². The van der Waals surface area contributed by atoms with E-state index < -0.39 is 28.2 Å². The van der Waals surface area contributed by atoms with Crippen molar-refractivity contribution in [1.29, 1.82) is 0 Å². The summed E-state index contributed by atoms with van der Waals surface area (Å²) in [6, 6.07) is 9.19. The van der Waals surface area contributed by atoms with Crippen molar-refractivity contribution in [2.24, 2.45) is 0 Å². The van der Waals surface area contributed by atoms with Crippen LogP contribution in [-0.2, 0) is 10.0 Å². The molecule has 0 aliphatic rings. The summed E-state index contributed by atoms with van der Waals surface area (Å²) in [6.45, 7) is 3.25. The Morgan fingerprint density at radius 2 is 1.96 bits per heavy atom. The van der Waals surface area contributed by atoms with Gasteiger partial charge in [-0.2, -0.15) is 0 Å². The van der Waals surface area contributed by atoms with Gasteiger partial charge in [-0.15, -0.1) is 0 Å². The van der Waals surface area contributed by atoms with Crippen LogP contribution < -0.4 is 10.0 Å². The summed E-state index contributed by atoms with van der Waals surface area (Å²) in [6.07, 6.45) is -2.73. The molecule has 28 heavy (non-hydrogen) atoms. The molecule has 0 spiro atoms. The summed E-state index contributed by atoms with van der Waals surface area (Å²) >= 11 is 0. The van der Waals surface area contributed by atoms with Crippen LogP contribution in [0.2, 0.25) is 0 Å². The van der Waals surface area contributed by atoms with Crippen LogP contribution in [0.4, 0.5) is 20.2 Å². The van der Waals surface area contributed by atoms with Gasteiger partial charge in [-0.3, -0.25) is 9.52 Å². The molecule has 0 aliphatic carbocycles. The molecule has 0 radical (unpaired) electrons. The van der Waals surface area contributed by atoms with Gasteiger partial charge in [0.15, 0.2) is 5.82 Å². The van der Waals surface area contributed by atoms with Gasteiger partial charge < -0.3 is 10.3 Å². The molecular formula is C18H18F2N4O3S. The van der Waals surface area contributed by atoms with Crippen LogP contribution in [0.15, 0.2) is 36.4 Å². The average molecular weight is 408 g/mol. The molecule has 3 N–H and O–H groups in total. The van der Waals surface area contributed by atoms with E-state index >= 15 is 0 Å². The summed E-state index contributed by atoms with van der Waals surface area (Å²) in [4.78, 5) is 18.7. The third-order valence-corrected chi connectivity index (χ3v) is 5.39. The maximum absolute atomic E-state index is 12.7. The number of halogens is 2. The fourth-order valence-corrected chi connectivity index (χ4v) is 3.28. The van der Waals surface area contributed by atoms with Crippen molar-refractivity contribution >= 4 is 38.3 Å². The number of benzene rings is 2. The largest absolute Gasteiger partial charge is 0.337 e. The van der Waals surface area contributed by atoms with Gasteiger partial charge in [0.2, 0.25) is 10.0 Å². The molecule has 148 valence electrons. The van der Waals surface area contributed by atoms with Crippen LogP contribution in [0, 0.1) is 6.92 Å². The molecule has 1 amide bonds. The first-order chi connectivity index (χ1) is 13.2. The second-order valence-corrected chi connectivity index (χ2v) is 8.15. The lowest BCUT2D eigenvalue weighted by Gasteiger charge is -2.12. The van der Waals surface area contributed by atoms with E-state index in [1.54, 1.807) is 25.1 Å². The molecule has 2 aromatic carbocycles. The Morgan fingerprint density at radius 1 is 1.21 bits per heavy atom. The number of aryl methyl sites for hydroxylation is 1. The van der Waals surface area contributed by atoms with Crippen molar-refractivity contribution in [3.8, 4) is 0 Å². The molecule has 10 heteroatoms. The third kappa shape index (κ3) is 4.28. The molecule has 0 aliphatic heterocycles. The minimum atomic E-state index is -3.40. The number of hydrogen-bond donors (Lipinski definition) is 3. The van der Waals surface area contributed by atoms with Gasteiger partial charge in [-0.25, -0.2) is 22.2 Å². The zero-order valence-corrected chi connectivity index (χ0v) is 15.9. The van der Waals surface area contributed by atoms with Crippen LogP contribution in [-0.4, -0.2) is 30.0 Å². The van der Waals surface area contributed by atoms with E-state index in [-0.39, 0.29) is 11.3 Å². The lowest BCUT2D eigenvalue weighted by atomic mass is 10.1. The van der Waals surface area contributed by atoms with Gasteiger partial charge in [0, 0.05) is 11.3 Å². The second kappa shape index (κ2) is 7.55. The lowest BCUT2D eigenvalue weighted by Crippen LogP contribution is -2.16. The van der Waals surface area contributed by atoms with Crippen molar-refractivity contribution in [3.05, 3.63) is 53.3 Å². The summed E-state index contributed by atoms with van der Waals surface area (Å²) in [7, 11) is -3.40. The van der Waals surface area contributed by atoms with Gasteiger partial charge in [-0.05, 0) is 55.8 Å². The molecule has 3 aromatic rings. The van der Waals surface area contributed by atoms with E-state index in [2.05, 4.69) is 20.0 Å². The third-order valence-electron chi connectivity index (χ3n) is 4.10. The lowest BCUT2D eigenvalue weighted by molar-refractivity contribution is 0.102. The number of sulfonamides is 1. The molecule has 1 aromatic heterocycles. The maximum atomic E-state index is 12.7. The van der Waals surface area contributed by atoms with Gasteiger partial charge in [-0.1, -0.05) is 0 Å². The number of carbonyl (C=O) groups is 1. The Bertz CT molecular complexity index is 1140. The molecule has 3 rings (SSSR count). The van der Waals surface area contributed by atoms with Crippen molar-refractivity contribution in [1.82, 2.24) is 9.97 Å². The molecule has 0 saturated carbocycles. The minimum absolute atomic E-state index is 0.0473. The number of H-pyrrole nitrogens is 1. The number of rotatable bonds is 6. The predicted molar refractivity (Wildman–Crippen MR) is 103 cm³/mol. The number of anilines is 2. The number of carbonyl (C=O) groups excluding carboxylic acids is 1. The Hall–Kier alpha value is -3.01. The second-order valence-electron chi connectivity index (χ2n) is 6.14. The van der Waals surface area contributed by atoms with Crippen LogP contribution in [0.1, 0.15) is 35.1 Å². The standard InChI is InChI=1S/C18H18F2N4O3S/c1-3-28(26,27)24-13-7-5-12(8-10(13)2)21-18(25)11-4-6-14-15(9-11)23-17(22-14)16(19)20/h4-9,16,24H,3H2,1-2H3,(H,21,25)(H,22,23). The van der Waals surface area contributed by atoms with E-state index in [4.69, 9.17) is 0 Å². The first-order valence-electron chi connectivity index (χ1n) is 8.39. The van der Waals surface area contributed by atoms with E-state index in [0.29, 0.717) is 28.0 Å². The average Bonchev–Trinajstić information content (AvgIpc) is 3.07. The van der Waals surface area contributed by atoms with Gasteiger partial charge in [0.25, 0.3) is 12.3 Å². The molecule has 0 unspecified atom stereocenters. The number of nitrogens with zero attached hydrogens (tertiary/aromatic N) is 1. The number of aromatic amines is 1. The molecular weight excluding hydrogens is 390 g/mol. The summed E-state index contributed by atoms with van der Waals surface area (Å²) in [5, 5.41) is 2.70. The zero-order valence-electron chi connectivity index (χ0n) is 15.1. The number of alkyl halides is 2. The van der Waals surface area contributed by atoms with E-state index in [1.165, 1.54) is 25.1 Å². The molecule has 0 atom stereocenters. The quantitative estimate of drug-likeness (QED) is 0.577. The SMILES string of the molecule is CCS(=O)(=O)Nc1ccc(NC(=O)c2ccc3nc(C(F)F)[nH]c3c2)cc1C. The molecule has 0 fully saturated rings. The minimum Gasteiger partial charge on any atom is -0.337 e. The zero-order chi connectivity index (χ0) is 20.5. The number of amides is 1. The van der Waals surface area contributed by atoms with Gasteiger partial charge in [0.1, 0.15) is 0 Å². The fourth-order valence-electron chi connectivity index (χ4n) is 2.57. The van der Waals surface area contributed by atoms with E-state index in [1.807, 2.05) is 0 Å². The Kier molecular flexibility index (Phi) is 5.32. The maximum Gasteiger partial charge on any atom is 0.295 e. The topological polar surface area (TPSA) is 104 Å². The number of nitrogens with one attached hydrogen (secondary N) is 3. The summed E-state index contributed by atoms with van der Waals surface area (Å²) in [5.41, 5.74) is 2.49. The van der Waals surface area contributed by atoms with E-state index in [0.717, 1.165) is 0 Å². The fraction of sp³-hybridized carbons (Fsp3) is 0.222. The Balaban J connectivity index is 1.79. The molecule has 0 saturated heterocycles.